The van der Waals surface area contributed by atoms with Crippen molar-refractivity contribution in [3.05, 3.63) is 29.8 Å². The first-order valence-electron chi connectivity index (χ1n) is 21.0. The van der Waals surface area contributed by atoms with Gasteiger partial charge in [0.05, 0.1) is 38.6 Å². The van der Waals surface area contributed by atoms with Crippen LogP contribution in [0.25, 0.3) is 0 Å². The van der Waals surface area contributed by atoms with Crippen LogP contribution >= 0.6 is 0 Å². The Balaban J connectivity index is 1.96. The van der Waals surface area contributed by atoms with Gasteiger partial charge in [0.25, 0.3) is 0 Å². The average molecular weight is 839 g/mol. The number of carbonyl (C=O) groups excluding carboxylic acids is 1. The molecule has 1 aromatic rings. The zero-order valence-corrected chi connectivity index (χ0v) is 40.4. The molecule has 1 heterocycles. The first-order chi connectivity index (χ1) is 26.0. The Labute approximate surface area is 346 Å². The maximum Gasteiger partial charge on any atom is 0.192 e. The van der Waals surface area contributed by atoms with Crippen LogP contribution < -0.4 is 4.74 Å². The lowest BCUT2D eigenvalue weighted by Crippen LogP contribution is -2.63. The monoisotopic (exact) mass is 839 g/mol. The number of ether oxygens (including phenoxy) is 6. The van der Waals surface area contributed by atoms with E-state index < -0.39 is 75.3 Å². The molecule has 57 heavy (non-hydrogen) atoms. The van der Waals surface area contributed by atoms with Crippen molar-refractivity contribution >= 4 is 22.4 Å². The third-order valence-electron chi connectivity index (χ3n) is 14.7. The molecule has 11 nitrogen and oxygen atoms in total. The fourth-order valence-corrected chi connectivity index (χ4v) is 11.2. The van der Waals surface area contributed by atoms with Crippen LogP contribution in [0.1, 0.15) is 101 Å². The average Bonchev–Trinajstić information content (AvgIpc) is 3.56. The Bertz CT molecular complexity index is 1500. The normalized spacial score (nSPS) is 32.1. The molecule has 2 bridgehead atoms. The van der Waals surface area contributed by atoms with E-state index in [2.05, 4.69) is 67.7 Å². The summed E-state index contributed by atoms with van der Waals surface area (Å²) in [6.45, 7) is 31.6. The van der Waals surface area contributed by atoms with E-state index in [1.54, 1.807) is 14.2 Å². The summed E-state index contributed by atoms with van der Waals surface area (Å²) in [6.07, 6.45) is -2.49. The van der Waals surface area contributed by atoms with Crippen LogP contribution in [0.3, 0.4) is 0 Å². The summed E-state index contributed by atoms with van der Waals surface area (Å²) < 4.78 is 51.8. The molecule has 2 aliphatic carbocycles. The molecule has 4 rings (SSSR count). The van der Waals surface area contributed by atoms with Crippen molar-refractivity contribution in [1.29, 1.82) is 0 Å². The van der Waals surface area contributed by atoms with Gasteiger partial charge in [-0.05, 0) is 87.1 Å². The van der Waals surface area contributed by atoms with Gasteiger partial charge in [-0.15, -0.1) is 0 Å². The molecule has 328 valence electrons. The lowest BCUT2D eigenvalue weighted by molar-refractivity contribution is -0.242. The predicted octanol–water partition coefficient (Wildman–Crippen LogP) is 8.26. The first kappa shape index (κ1) is 48.4. The summed E-state index contributed by atoms with van der Waals surface area (Å²) in [4.78, 5) is 15.2. The van der Waals surface area contributed by atoms with Gasteiger partial charge >= 0.3 is 0 Å². The second-order valence-corrected chi connectivity index (χ2v) is 30.7. The summed E-state index contributed by atoms with van der Waals surface area (Å²) in [7, 11) is -1.70. The van der Waals surface area contributed by atoms with Crippen LogP contribution in [0.4, 0.5) is 0 Å². The van der Waals surface area contributed by atoms with E-state index in [-0.39, 0.29) is 54.8 Å². The molecule has 0 aromatic heterocycles. The van der Waals surface area contributed by atoms with Crippen molar-refractivity contribution in [3.8, 4) is 5.75 Å². The van der Waals surface area contributed by atoms with Crippen molar-refractivity contribution in [3.63, 3.8) is 0 Å². The maximum atomic E-state index is 15.2. The van der Waals surface area contributed by atoms with Gasteiger partial charge in [0.2, 0.25) is 0 Å². The second kappa shape index (κ2) is 17.3. The van der Waals surface area contributed by atoms with Crippen molar-refractivity contribution in [1.82, 2.24) is 0 Å². The summed E-state index contributed by atoms with van der Waals surface area (Å²) in [5, 5.41) is 25.5. The third kappa shape index (κ3) is 9.79. The van der Waals surface area contributed by atoms with Gasteiger partial charge in [-0.2, -0.15) is 0 Å². The fourth-order valence-electron chi connectivity index (χ4n) is 8.83. The molecule has 1 aromatic carbocycles. The van der Waals surface area contributed by atoms with Gasteiger partial charge in [0, 0.05) is 30.3 Å². The summed E-state index contributed by atoms with van der Waals surface area (Å²) in [6, 6.07) is 7.60. The Morgan fingerprint density at radius 1 is 0.930 bits per heavy atom. The van der Waals surface area contributed by atoms with Crippen molar-refractivity contribution < 1.29 is 52.3 Å². The van der Waals surface area contributed by atoms with E-state index in [0.717, 1.165) is 11.3 Å². The second-order valence-electron chi connectivity index (χ2n) is 21.1. The topological polar surface area (TPSA) is 131 Å². The third-order valence-corrected chi connectivity index (χ3v) is 23.7. The van der Waals surface area contributed by atoms with E-state index in [4.69, 9.17) is 37.3 Å². The highest BCUT2D eigenvalue weighted by Gasteiger charge is 2.67. The molecular formula is C44H78O11Si2. The van der Waals surface area contributed by atoms with Crippen LogP contribution in [0, 0.1) is 23.2 Å². The number of methoxy groups -OCH3 is 2. The highest BCUT2D eigenvalue weighted by Crippen LogP contribution is 2.59. The number of rotatable bonds is 15. The van der Waals surface area contributed by atoms with Crippen LogP contribution in [-0.4, -0.2) is 108 Å². The fraction of sp³-hybridized carbons (Fsp3) is 0.841. The van der Waals surface area contributed by atoms with Gasteiger partial charge in [-0.25, -0.2) is 0 Å². The minimum absolute atomic E-state index is 0.00707. The molecule has 0 unspecified atom stereocenters. The first-order valence-corrected chi connectivity index (χ1v) is 26.8. The number of Topliss-reactive ketones (excluding diaryl/α,β-unsaturated/α-hetero) is 1. The Kier molecular flexibility index (Phi) is 14.7. The number of aliphatic hydroxyl groups is 2. The van der Waals surface area contributed by atoms with Gasteiger partial charge in [0.15, 0.2) is 28.2 Å². The lowest BCUT2D eigenvalue weighted by atomic mass is 9.66. The van der Waals surface area contributed by atoms with Crippen LogP contribution in [-0.2, 0) is 43.9 Å². The van der Waals surface area contributed by atoms with E-state index in [1.165, 1.54) is 0 Å². The van der Waals surface area contributed by atoms with Crippen molar-refractivity contribution in [2.75, 3.05) is 34.2 Å². The number of carbonyl (C=O) groups is 1. The van der Waals surface area contributed by atoms with E-state index in [1.807, 2.05) is 58.9 Å². The molecular weight excluding hydrogens is 761 g/mol. The van der Waals surface area contributed by atoms with Crippen LogP contribution in [0.5, 0.6) is 5.75 Å². The summed E-state index contributed by atoms with van der Waals surface area (Å²) in [5.74, 6) is -2.17. The van der Waals surface area contributed by atoms with Crippen molar-refractivity contribution in [2.45, 2.75) is 180 Å². The minimum atomic E-state index is -2.54. The molecule has 0 spiro atoms. The zero-order chi connectivity index (χ0) is 43.2. The molecule has 1 saturated heterocycles. The molecule has 3 fully saturated rings. The standard InChI is InChI=1S/C44H78O11Si2/c1-29-33(24-35(54-57(16,17)40(5,6)7)44(47)23-22-32(41(44,8)9)37(36(29)46)51-28-48-12)43(27-52-42(10,11)55-43)38(34(45)26-53-56(14,15)39(2,3)4)50-25-30-18-20-31(49-13)21-19-30/h18-21,29,32-35,37-38,45,47H,22-28H2,1-17H3/t29-,32+,33-,34+,35-,37+,38+,43+,44+/m0/s1. The minimum Gasteiger partial charge on any atom is -0.497 e. The van der Waals surface area contributed by atoms with E-state index in [0.29, 0.717) is 12.8 Å². The van der Waals surface area contributed by atoms with Crippen molar-refractivity contribution in [2.24, 2.45) is 23.2 Å². The number of aliphatic hydroxyl groups excluding tert-OH is 1. The van der Waals surface area contributed by atoms with Gasteiger partial charge in [-0.1, -0.05) is 74.4 Å². The number of hydrogen-bond acceptors (Lipinski definition) is 11. The molecule has 1 aliphatic heterocycles. The highest BCUT2D eigenvalue weighted by atomic mass is 28.4. The Hall–Kier alpha value is -1.24. The Morgan fingerprint density at radius 2 is 1.53 bits per heavy atom. The smallest absolute Gasteiger partial charge is 0.192 e. The van der Waals surface area contributed by atoms with Crippen LogP contribution in [0.2, 0.25) is 36.3 Å². The number of ketones is 1. The van der Waals surface area contributed by atoms with Crippen LogP contribution in [0.15, 0.2) is 24.3 Å². The lowest BCUT2D eigenvalue weighted by Gasteiger charge is -2.52. The number of fused-ring (bicyclic) bond motifs is 2. The molecule has 2 N–H and O–H groups in total. The van der Waals surface area contributed by atoms with E-state index >= 15 is 4.79 Å². The molecule has 3 aliphatic rings. The molecule has 13 heteroatoms. The zero-order valence-electron chi connectivity index (χ0n) is 38.4. The largest absolute Gasteiger partial charge is 0.497 e. The molecule has 0 amide bonds. The quantitative estimate of drug-likeness (QED) is 0.131. The van der Waals surface area contributed by atoms with Gasteiger partial charge in [0.1, 0.15) is 36.5 Å². The number of hydrogen-bond donors (Lipinski definition) is 2. The Morgan fingerprint density at radius 3 is 2.04 bits per heavy atom. The predicted molar refractivity (Wildman–Crippen MR) is 227 cm³/mol. The highest BCUT2D eigenvalue weighted by molar-refractivity contribution is 6.74. The molecule has 9 atom stereocenters. The SMILES string of the molecule is COCO[C@H]1C(=O)[C@@H](C)[C@@H]([C@@]2([C@H](OCc3ccc(OC)cc3)[C@H](O)CO[Si](C)(C)C(C)(C)C)COC(C)(C)O2)C[C@H](O[Si](C)(C)C(C)(C)C)[C@]2(O)CC[C@H]1C2(C)C. The van der Waals surface area contributed by atoms with E-state index in [9.17, 15) is 10.2 Å². The van der Waals surface area contributed by atoms with Gasteiger partial charge in [-0.3, -0.25) is 4.79 Å². The summed E-state index contributed by atoms with van der Waals surface area (Å²) in [5.41, 5.74) is -2.63. The molecule has 0 radical (unpaired) electrons. The molecule has 2 saturated carbocycles. The summed E-state index contributed by atoms with van der Waals surface area (Å²) >= 11 is 0. The maximum absolute atomic E-state index is 15.2. The van der Waals surface area contributed by atoms with Gasteiger partial charge < -0.3 is 47.5 Å². The number of benzene rings is 1.